The van der Waals surface area contributed by atoms with E-state index < -0.39 is 15.8 Å². The normalized spacial score (nSPS) is 18.5. The van der Waals surface area contributed by atoms with Gasteiger partial charge in [0, 0.05) is 31.4 Å². The van der Waals surface area contributed by atoms with Crippen molar-refractivity contribution in [3.05, 3.63) is 48.5 Å². The number of rotatable bonds is 6. The molecule has 1 aliphatic rings. The molecule has 0 bridgehead atoms. The zero-order chi connectivity index (χ0) is 18.6. The average molecular weight is 380 g/mol. The Morgan fingerprint density at radius 3 is 2.77 bits per heavy atom. The van der Waals surface area contributed by atoms with Crippen LogP contribution >= 0.6 is 0 Å². The van der Waals surface area contributed by atoms with E-state index >= 15 is 0 Å². The van der Waals surface area contributed by atoms with Crippen molar-refractivity contribution in [1.29, 1.82) is 0 Å². The number of hydrogen-bond acceptors (Lipinski definition) is 5. The summed E-state index contributed by atoms with van der Waals surface area (Å²) in [6.07, 6.45) is 4.88. The predicted octanol–water partition coefficient (Wildman–Crippen LogP) is 2.71. The second-order valence-corrected chi connectivity index (χ2v) is 8.07. The van der Waals surface area contributed by atoms with Gasteiger partial charge in [-0.1, -0.05) is 0 Å². The van der Waals surface area contributed by atoms with E-state index in [1.165, 1.54) is 23.5 Å². The third-order valence-corrected chi connectivity index (χ3v) is 6.25. The SMILES string of the molecule is COc1ccc(F)cc1S(=O)(=O)N1CCCC(COc2ccncc2)C1. The fraction of sp³-hybridized carbons (Fsp3) is 0.389. The number of aromatic nitrogens is 1. The van der Waals surface area contributed by atoms with E-state index in [0.717, 1.165) is 18.9 Å². The molecule has 1 aliphatic heterocycles. The van der Waals surface area contributed by atoms with Gasteiger partial charge in [0.2, 0.25) is 10.0 Å². The van der Waals surface area contributed by atoms with Gasteiger partial charge in [0.05, 0.1) is 13.7 Å². The van der Waals surface area contributed by atoms with Crippen molar-refractivity contribution in [2.45, 2.75) is 17.7 Å². The topological polar surface area (TPSA) is 68.7 Å². The fourth-order valence-corrected chi connectivity index (χ4v) is 4.74. The highest BCUT2D eigenvalue weighted by Gasteiger charge is 2.32. The lowest BCUT2D eigenvalue weighted by atomic mass is 10.0. The van der Waals surface area contributed by atoms with Gasteiger partial charge in [0.25, 0.3) is 0 Å². The first kappa shape index (κ1) is 18.6. The van der Waals surface area contributed by atoms with E-state index in [-0.39, 0.29) is 16.6 Å². The molecule has 1 aromatic heterocycles. The van der Waals surface area contributed by atoms with Gasteiger partial charge in [-0.2, -0.15) is 4.31 Å². The van der Waals surface area contributed by atoms with E-state index in [4.69, 9.17) is 9.47 Å². The van der Waals surface area contributed by atoms with Gasteiger partial charge in [-0.3, -0.25) is 4.98 Å². The smallest absolute Gasteiger partial charge is 0.246 e. The van der Waals surface area contributed by atoms with Crippen LogP contribution in [0, 0.1) is 11.7 Å². The molecule has 0 saturated carbocycles. The highest BCUT2D eigenvalue weighted by atomic mass is 32.2. The maximum absolute atomic E-state index is 13.6. The van der Waals surface area contributed by atoms with Crippen molar-refractivity contribution in [3.8, 4) is 11.5 Å². The molecule has 140 valence electrons. The molecule has 0 aliphatic carbocycles. The van der Waals surface area contributed by atoms with Crippen LogP contribution in [0.4, 0.5) is 4.39 Å². The first-order chi connectivity index (χ1) is 12.5. The van der Waals surface area contributed by atoms with E-state index in [9.17, 15) is 12.8 Å². The standard InChI is InChI=1S/C18H21FN2O4S/c1-24-17-5-4-15(19)11-18(17)26(22,23)21-10-2-3-14(12-21)13-25-16-6-8-20-9-7-16/h4-9,11,14H,2-3,10,12-13H2,1H3. The summed E-state index contributed by atoms with van der Waals surface area (Å²) < 4.78 is 51.8. The zero-order valence-electron chi connectivity index (χ0n) is 14.5. The summed E-state index contributed by atoms with van der Waals surface area (Å²) in [5.41, 5.74) is 0. The second-order valence-electron chi connectivity index (χ2n) is 6.16. The molecule has 0 amide bonds. The first-order valence-corrected chi connectivity index (χ1v) is 9.81. The average Bonchev–Trinajstić information content (AvgIpc) is 2.67. The Morgan fingerprint density at radius 2 is 2.04 bits per heavy atom. The quantitative estimate of drug-likeness (QED) is 0.771. The Balaban J connectivity index is 1.73. The summed E-state index contributed by atoms with van der Waals surface area (Å²) in [5.74, 6) is 0.290. The highest BCUT2D eigenvalue weighted by Crippen LogP contribution is 2.30. The van der Waals surface area contributed by atoms with Crippen LogP contribution in [0.5, 0.6) is 11.5 Å². The number of nitrogens with zero attached hydrogens (tertiary/aromatic N) is 2. The largest absolute Gasteiger partial charge is 0.495 e. The summed E-state index contributed by atoms with van der Waals surface area (Å²) in [6, 6.07) is 7.03. The molecule has 6 nitrogen and oxygen atoms in total. The first-order valence-electron chi connectivity index (χ1n) is 8.37. The van der Waals surface area contributed by atoms with Crippen LogP contribution in [0.15, 0.2) is 47.6 Å². The maximum atomic E-state index is 13.6. The Morgan fingerprint density at radius 1 is 1.27 bits per heavy atom. The lowest BCUT2D eigenvalue weighted by Crippen LogP contribution is -2.41. The van der Waals surface area contributed by atoms with Crippen LogP contribution in [0.1, 0.15) is 12.8 Å². The van der Waals surface area contributed by atoms with Gasteiger partial charge in [-0.05, 0) is 43.2 Å². The zero-order valence-corrected chi connectivity index (χ0v) is 15.3. The van der Waals surface area contributed by atoms with Crippen LogP contribution < -0.4 is 9.47 Å². The molecule has 1 unspecified atom stereocenters. The monoisotopic (exact) mass is 380 g/mol. The van der Waals surface area contributed by atoms with Crippen LogP contribution in [0.2, 0.25) is 0 Å². The molecular formula is C18H21FN2O4S. The number of ether oxygens (including phenoxy) is 2. The molecule has 1 atom stereocenters. The number of pyridine rings is 1. The molecule has 1 saturated heterocycles. The van der Waals surface area contributed by atoms with Crippen molar-refractivity contribution in [1.82, 2.24) is 9.29 Å². The van der Waals surface area contributed by atoms with Gasteiger partial charge < -0.3 is 9.47 Å². The van der Waals surface area contributed by atoms with Crippen molar-refractivity contribution in [2.24, 2.45) is 5.92 Å². The molecule has 0 spiro atoms. The van der Waals surface area contributed by atoms with Crippen LogP contribution in [-0.4, -0.2) is 44.5 Å². The van der Waals surface area contributed by atoms with Gasteiger partial charge in [-0.15, -0.1) is 0 Å². The Labute approximate surface area is 152 Å². The van der Waals surface area contributed by atoms with E-state index in [0.29, 0.717) is 25.4 Å². The summed E-state index contributed by atoms with van der Waals surface area (Å²) in [7, 11) is -2.47. The van der Waals surface area contributed by atoms with Crippen molar-refractivity contribution in [3.63, 3.8) is 0 Å². The molecule has 8 heteroatoms. The Bertz CT molecular complexity index is 846. The highest BCUT2D eigenvalue weighted by molar-refractivity contribution is 7.89. The molecule has 1 fully saturated rings. The number of hydrogen-bond donors (Lipinski definition) is 0. The summed E-state index contributed by atoms with van der Waals surface area (Å²) >= 11 is 0. The maximum Gasteiger partial charge on any atom is 0.246 e. The molecular weight excluding hydrogens is 359 g/mol. The molecule has 2 aromatic rings. The Kier molecular flexibility index (Phi) is 5.73. The third-order valence-electron chi connectivity index (χ3n) is 4.36. The number of benzene rings is 1. The van der Waals surface area contributed by atoms with Gasteiger partial charge in [-0.25, -0.2) is 12.8 Å². The fourth-order valence-electron chi connectivity index (χ4n) is 3.02. The van der Waals surface area contributed by atoms with Gasteiger partial charge in [0.15, 0.2) is 0 Å². The minimum atomic E-state index is -3.84. The lowest BCUT2D eigenvalue weighted by molar-refractivity contribution is 0.180. The van der Waals surface area contributed by atoms with Gasteiger partial charge in [0.1, 0.15) is 22.2 Å². The van der Waals surface area contributed by atoms with Crippen molar-refractivity contribution >= 4 is 10.0 Å². The van der Waals surface area contributed by atoms with Crippen LogP contribution in [-0.2, 0) is 10.0 Å². The molecule has 0 N–H and O–H groups in total. The Hall–Kier alpha value is -2.19. The molecule has 1 aromatic carbocycles. The van der Waals surface area contributed by atoms with Crippen LogP contribution in [0.3, 0.4) is 0 Å². The van der Waals surface area contributed by atoms with Gasteiger partial charge >= 0.3 is 0 Å². The minimum Gasteiger partial charge on any atom is -0.495 e. The molecule has 26 heavy (non-hydrogen) atoms. The number of methoxy groups -OCH3 is 1. The third kappa shape index (κ3) is 4.13. The summed E-state index contributed by atoms with van der Waals surface area (Å²) in [5, 5.41) is 0. The molecule has 2 heterocycles. The number of halogens is 1. The predicted molar refractivity (Wildman–Crippen MR) is 94.2 cm³/mol. The number of sulfonamides is 1. The van der Waals surface area contributed by atoms with E-state index in [2.05, 4.69) is 4.98 Å². The van der Waals surface area contributed by atoms with Crippen molar-refractivity contribution in [2.75, 3.05) is 26.8 Å². The van der Waals surface area contributed by atoms with E-state index in [1.54, 1.807) is 24.5 Å². The molecule has 0 radical (unpaired) electrons. The number of piperidine rings is 1. The van der Waals surface area contributed by atoms with E-state index in [1.807, 2.05) is 0 Å². The summed E-state index contributed by atoms with van der Waals surface area (Å²) in [4.78, 5) is 3.79. The lowest BCUT2D eigenvalue weighted by Gasteiger charge is -2.32. The minimum absolute atomic E-state index is 0.0613. The summed E-state index contributed by atoms with van der Waals surface area (Å²) in [6.45, 7) is 1.14. The van der Waals surface area contributed by atoms with Crippen molar-refractivity contribution < 1.29 is 22.3 Å². The molecule has 3 rings (SSSR count). The second kappa shape index (κ2) is 8.01. The van der Waals surface area contributed by atoms with Crippen LogP contribution in [0.25, 0.3) is 0 Å².